The van der Waals surface area contributed by atoms with Crippen molar-refractivity contribution in [2.45, 2.75) is 50.3 Å². The van der Waals surface area contributed by atoms with Gasteiger partial charge in [0.2, 0.25) is 0 Å². The Morgan fingerprint density at radius 2 is 0.923 bits per heavy atom. The SMILES string of the molecule is CC(C)O.CN(C)c1ccccc1.CS(=O)(=O)[N-]S(=O)(=O)C(F)(F)F.CS(=O)(=O)[N-]S(=O)(=O)C(F)(F)F.C[N+](C)(Cc1ccccc1)c1ccccc1.Cc1ccc(CCl)cc1.[Cl-].[Li+].[Li+]. The molecule has 0 atom stereocenters. The first-order chi connectivity index (χ1) is 28.0. The summed E-state index contributed by atoms with van der Waals surface area (Å²) in [5.41, 5.74) is -4.92. The Hall–Kier alpha value is -2.33. The second-order valence-corrected chi connectivity index (χ2v) is 20.8. The molecular formula is C38H52Cl2F6Li2N4O9S4. The van der Waals surface area contributed by atoms with Gasteiger partial charge in [-0.15, -0.1) is 11.6 Å². The van der Waals surface area contributed by atoms with Crippen molar-refractivity contribution in [3.05, 3.63) is 140 Å². The molecule has 0 radical (unpaired) electrons. The smallest absolute Gasteiger partial charge is 1.00 e. The average Bonchev–Trinajstić information content (AvgIpc) is 3.11. The Kier molecular flexibility index (Phi) is 35.8. The molecule has 360 valence electrons. The van der Waals surface area contributed by atoms with E-state index < -0.39 is 51.1 Å². The van der Waals surface area contributed by atoms with E-state index in [0.29, 0.717) is 5.88 Å². The fourth-order valence-electron chi connectivity index (χ4n) is 3.81. The van der Waals surface area contributed by atoms with E-state index in [0.717, 1.165) is 11.0 Å². The number of aryl methyl sites for hydroxylation is 1. The van der Waals surface area contributed by atoms with Crippen molar-refractivity contribution in [3.8, 4) is 0 Å². The maximum Gasteiger partial charge on any atom is 1.00 e. The molecular weight excluding hydrogens is 983 g/mol. The quantitative estimate of drug-likeness (QED) is 0.101. The van der Waals surface area contributed by atoms with Crippen LogP contribution in [0.2, 0.25) is 0 Å². The molecule has 27 heteroatoms. The first kappa shape index (κ1) is 71.7. The number of hydrogen-bond donors (Lipinski definition) is 1. The van der Waals surface area contributed by atoms with E-state index in [1.807, 2.05) is 44.4 Å². The monoisotopic (exact) mass is 1030 g/mol. The maximum absolute atomic E-state index is 11.4. The molecule has 0 saturated heterocycles. The van der Waals surface area contributed by atoms with Gasteiger partial charge in [-0.1, -0.05) is 96.6 Å². The summed E-state index contributed by atoms with van der Waals surface area (Å²) in [7, 11) is -12.4. The number of alkyl halides is 7. The van der Waals surface area contributed by atoms with Crippen LogP contribution in [-0.4, -0.2) is 96.6 Å². The number of hydrogen-bond acceptors (Lipinski definition) is 10. The zero-order valence-electron chi connectivity index (χ0n) is 37.6. The van der Waals surface area contributed by atoms with Crippen LogP contribution in [0.5, 0.6) is 0 Å². The number of quaternary nitrogens is 1. The van der Waals surface area contributed by atoms with Crippen LogP contribution in [0.25, 0.3) is 8.25 Å². The predicted octanol–water partition coefficient (Wildman–Crippen LogP) is -0.322. The van der Waals surface area contributed by atoms with Crippen molar-refractivity contribution < 1.29 is 115 Å². The molecule has 65 heavy (non-hydrogen) atoms. The Labute approximate surface area is 415 Å². The van der Waals surface area contributed by atoms with Crippen LogP contribution in [0.4, 0.5) is 37.7 Å². The van der Waals surface area contributed by atoms with Gasteiger partial charge in [-0.2, -0.15) is 26.3 Å². The normalized spacial score (nSPS) is 11.4. The molecule has 0 unspecified atom stereocenters. The van der Waals surface area contributed by atoms with E-state index in [4.69, 9.17) is 16.7 Å². The van der Waals surface area contributed by atoms with E-state index in [1.165, 1.54) is 28.1 Å². The third-order valence-electron chi connectivity index (χ3n) is 6.48. The molecule has 0 aliphatic rings. The summed E-state index contributed by atoms with van der Waals surface area (Å²) in [5, 5.41) is 8.06. The predicted molar refractivity (Wildman–Crippen MR) is 235 cm³/mol. The van der Waals surface area contributed by atoms with Gasteiger partial charge in [0.05, 0.1) is 34.1 Å². The molecule has 0 aliphatic heterocycles. The number of benzene rings is 4. The zero-order chi connectivity index (χ0) is 48.8. The average molecular weight is 1040 g/mol. The Bertz CT molecular complexity index is 2250. The second kappa shape index (κ2) is 32.4. The molecule has 0 bridgehead atoms. The number of para-hydroxylation sites is 2. The molecule has 13 nitrogen and oxygen atoms in total. The fourth-order valence-corrected chi connectivity index (χ4v) is 7.51. The number of aliphatic hydroxyl groups excluding tert-OH is 1. The molecule has 4 aromatic carbocycles. The molecule has 0 aromatic heterocycles. The van der Waals surface area contributed by atoms with Crippen LogP contribution in [0, 0.1) is 6.92 Å². The van der Waals surface area contributed by atoms with Gasteiger partial charge in [-0.05, 0) is 50.6 Å². The van der Waals surface area contributed by atoms with E-state index in [1.54, 1.807) is 22.1 Å². The van der Waals surface area contributed by atoms with Gasteiger partial charge in [-0.25, -0.2) is 33.7 Å². The molecule has 4 rings (SSSR count). The van der Waals surface area contributed by atoms with Crippen LogP contribution in [-0.2, 0) is 52.5 Å². The number of anilines is 1. The van der Waals surface area contributed by atoms with Crippen LogP contribution < -0.4 is 59.5 Å². The molecule has 0 saturated carbocycles. The molecule has 0 spiro atoms. The molecule has 0 amide bonds. The topological polar surface area (TPSA) is 188 Å². The van der Waals surface area contributed by atoms with Crippen LogP contribution in [0.15, 0.2) is 115 Å². The van der Waals surface area contributed by atoms with E-state index in [-0.39, 0.29) is 68.7 Å². The minimum atomic E-state index is -5.92. The molecule has 4 aromatic rings. The van der Waals surface area contributed by atoms with Gasteiger partial charge in [-0.3, -0.25) is 4.48 Å². The number of rotatable bonds is 9. The van der Waals surface area contributed by atoms with E-state index in [2.05, 4.69) is 111 Å². The Balaban J connectivity index is -0.000000227. The van der Waals surface area contributed by atoms with Gasteiger partial charge in [0.25, 0.3) is 0 Å². The molecule has 0 fully saturated rings. The largest absolute Gasteiger partial charge is 1.00 e. The van der Waals surface area contributed by atoms with Gasteiger partial charge in [0.15, 0.2) is 20.0 Å². The summed E-state index contributed by atoms with van der Waals surface area (Å²) in [6.07, 6.45) is 0.326. The molecule has 0 aliphatic carbocycles. The van der Waals surface area contributed by atoms with Crippen LogP contribution >= 0.6 is 11.6 Å². The number of halogens is 8. The summed E-state index contributed by atoms with van der Waals surface area (Å²) in [4.78, 5) is 2.08. The van der Waals surface area contributed by atoms with Crippen molar-refractivity contribution >= 4 is 63.1 Å². The minimum Gasteiger partial charge on any atom is -1.00 e. The van der Waals surface area contributed by atoms with Crippen molar-refractivity contribution in [1.29, 1.82) is 0 Å². The third-order valence-corrected chi connectivity index (χ3v) is 11.7. The van der Waals surface area contributed by atoms with Crippen LogP contribution in [0.3, 0.4) is 0 Å². The standard InChI is InChI=1S/C15H18N.C8H9Cl.C8H11N.C3H8O.2C2H3F3NO4S2.ClH.2Li/c1-16(2,15-11-7-4-8-12-15)13-14-9-5-3-6-10-14;1-7-2-4-8(6-9)5-3-7;1-9(2)8-6-4-3-5-7-8;1-3(2)4;2*1-11(7,8)6-12(9,10)2(3,4)5;;;/h3-12H,13H2,1-2H3;2-5H,6H2,1H3;3-7H,1-2H3;3-4H,1-2H3;2*1H3;1H;;/q+1;;;;2*-1;;2*+1/p-1. The summed E-state index contributed by atoms with van der Waals surface area (Å²) < 4.78 is 153. The van der Waals surface area contributed by atoms with Crippen molar-refractivity contribution in [2.75, 3.05) is 45.6 Å². The van der Waals surface area contributed by atoms with Crippen molar-refractivity contribution in [2.24, 2.45) is 0 Å². The summed E-state index contributed by atoms with van der Waals surface area (Å²) >= 11 is 5.58. The zero-order valence-corrected chi connectivity index (χ0v) is 42.4. The van der Waals surface area contributed by atoms with Gasteiger partial charge >= 0.3 is 48.7 Å². The Morgan fingerprint density at radius 1 is 0.615 bits per heavy atom. The van der Waals surface area contributed by atoms with Crippen LogP contribution in [0.1, 0.15) is 30.5 Å². The summed E-state index contributed by atoms with van der Waals surface area (Å²) in [5.74, 6) is 0.611. The molecule has 0 heterocycles. The third kappa shape index (κ3) is 35.5. The Morgan fingerprint density at radius 3 is 1.17 bits per heavy atom. The number of nitrogens with zero attached hydrogens (tertiary/aromatic N) is 4. The second-order valence-electron chi connectivity index (χ2n) is 13.6. The summed E-state index contributed by atoms with van der Waals surface area (Å²) in [6.45, 7) is 6.53. The minimum absolute atomic E-state index is 0. The fraction of sp³-hybridized carbons (Fsp3) is 0.368. The van der Waals surface area contributed by atoms with Crippen molar-refractivity contribution in [3.63, 3.8) is 0 Å². The van der Waals surface area contributed by atoms with Gasteiger partial charge in [0, 0.05) is 49.8 Å². The first-order valence-corrected chi connectivity index (χ1v) is 24.5. The molecule has 1 N–H and O–H groups in total. The number of sulfonamides is 4. The maximum atomic E-state index is 11.4. The first-order valence-electron chi connectivity index (χ1n) is 17.4. The van der Waals surface area contributed by atoms with E-state index >= 15 is 0 Å². The van der Waals surface area contributed by atoms with E-state index in [9.17, 15) is 60.0 Å². The van der Waals surface area contributed by atoms with Crippen molar-refractivity contribution in [1.82, 2.24) is 4.48 Å². The number of aliphatic hydroxyl groups is 1. The summed E-state index contributed by atoms with van der Waals surface area (Å²) in [6, 6.07) is 39.7. The van der Waals surface area contributed by atoms with Gasteiger partial charge < -0.3 is 30.7 Å². The van der Waals surface area contributed by atoms with Gasteiger partial charge in [0.1, 0.15) is 12.2 Å².